The molecule has 180 valence electrons. The SMILES string of the molecule is N=N/C=C\Nc1cccc(Oc2cccc([C@H](c3ccccn3)c3ccccc3-c3ccccc3)c2)c1. The molecule has 5 aromatic rings. The lowest BCUT2D eigenvalue weighted by Gasteiger charge is -2.22. The smallest absolute Gasteiger partial charge is 0.129 e. The summed E-state index contributed by atoms with van der Waals surface area (Å²) in [5.74, 6) is 1.37. The second kappa shape index (κ2) is 11.6. The number of nitrogens with one attached hydrogen (secondary N) is 2. The van der Waals surface area contributed by atoms with Gasteiger partial charge in [0.1, 0.15) is 11.5 Å². The van der Waals surface area contributed by atoms with Crippen LogP contribution in [0.25, 0.3) is 11.1 Å². The molecule has 1 heterocycles. The van der Waals surface area contributed by atoms with Gasteiger partial charge in [-0.2, -0.15) is 5.11 Å². The molecule has 2 N–H and O–H groups in total. The van der Waals surface area contributed by atoms with E-state index in [1.807, 2.05) is 60.8 Å². The summed E-state index contributed by atoms with van der Waals surface area (Å²) in [5.41, 5.74) is 13.3. The van der Waals surface area contributed by atoms with Crippen LogP contribution in [0.5, 0.6) is 11.5 Å². The van der Waals surface area contributed by atoms with Crippen molar-refractivity contribution in [3.8, 4) is 22.6 Å². The fourth-order valence-electron chi connectivity index (χ4n) is 4.40. The third-order valence-corrected chi connectivity index (χ3v) is 6.00. The summed E-state index contributed by atoms with van der Waals surface area (Å²) in [4.78, 5) is 4.75. The van der Waals surface area contributed by atoms with E-state index in [-0.39, 0.29) is 5.92 Å². The molecule has 0 radical (unpaired) electrons. The molecule has 5 heteroatoms. The summed E-state index contributed by atoms with van der Waals surface area (Å²) in [6.45, 7) is 0. The second-order valence-corrected chi connectivity index (χ2v) is 8.43. The molecule has 0 bridgehead atoms. The topological polar surface area (TPSA) is 70.4 Å². The summed E-state index contributed by atoms with van der Waals surface area (Å²) in [7, 11) is 0. The molecular formula is C32H26N4O. The van der Waals surface area contributed by atoms with Crippen molar-refractivity contribution in [3.05, 3.63) is 157 Å². The van der Waals surface area contributed by atoms with Crippen LogP contribution < -0.4 is 10.1 Å². The van der Waals surface area contributed by atoms with Crippen LogP contribution in [-0.4, -0.2) is 4.98 Å². The molecule has 1 atom stereocenters. The Balaban J connectivity index is 1.53. The van der Waals surface area contributed by atoms with Crippen molar-refractivity contribution in [2.45, 2.75) is 5.92 Å². The Kier molecular flexibility index (Phi) is 7.43. The lowest BCUT2D eigenvalue weighted by Crippen LogP contribution is -2.07. The molecule has 4 aromatic carbocycles. The van der Waals surface area contributed by atoms with Gasteiger partial charge in [-0.1, -0.05) is 78.9 Å². The number of rotatable bonds is 9. The van der Waals surface area contributed by atoms with Gasteiger partial charge in [0.2, 0.25) is 0 Å². The highest BCUT2D eigenvalue weighted by atomic mass is 16.5. The molecule has 5 rings (SSSR count). The summed E-state index contributed by atoms with van der Waals surface area (Å²) >= 11 is 0. The van der Waals surface area contributed by atoms with E-state index in [0.717, 1.165) is 22.7 Å². The Morgan fingerprint density at radius 1 is 0.757 bits per heavy atom. The van der Waals surface area contributed by atoms with Gasteiger partial charge in [-0.15, -0.1) is 0 Å². The van der Waals surface area contributed by atoms with Crippen LogP contribution in [0, 0.1) is 5.53 Å². The average molecular weight is 483 g/mol. The number of nitrogens with zero attached hydrogens (tertiary/aromatic N) is 2. The molecule has 0 aliphatic heterocycles. The highest BCUT2D eigenvalue weighted by Gasteiger charge is 2.22. The quantitative estimate of drug-likeness (QED) is 0.207. The number of ether oxygens (including phenoxy) is 1. The van der Waals surface area contributed by atoms with Crippen LogP contribution in [0.4, 0.5) is 5.69 Å². The van der Waals surface area contributed by atoms with Crippen molar-refractivity contribution in [1.82, 2.24) is 4.98 Å². The van der Waals surface area contributed by atoms with Gasteiger partial charge in [-0.25, -0.2) is 5.53 Å². The Morgan fingerprint density at radius 2 is 1.51 bits per heavy atom. The Labute approximate surface area is 216 Å². The number of hydrogen-bond donors (Lipinski definition) is 2. The van der Waals surface area contributed by atoms with Gasteiger partial charge in [0.05, 0.1) is 17.8 Å². The van der Waals surface area contributed by atoms with E-state index >= 15 is 0 Å². The normalized spacial score (nSPS) is 11.7. The fraction of sp³-hybridized carbons (Fsp3) is 0.0312. The second-order valence-electron chi connectivity index (χ2n) is 8.43. The standard InChI is InChI=1S/C32H26N4O/c33-36-21-20-34-26-13-9-15-28(23-26)37-27-14-8-12-25(22-27)32(31-18-6-7-19-35-31)30-17-5-4-16-29(30)24-10-2-1-3-11-24/h1-23,32-34H/b21-20-,36-33?/t32-/m0/s1. The maximum absolute atomic E-state index is 6.87. The van der Waals surface area contributed by atoms with Crippen LogP contribution in [0.3, 0.4) is 0 Å². The van der Waals surface area contributed by atoms with E-state index in [0.29, 0.717) is 5.75 Å². The number of anilines is 1. The number of aromatic nitrogens is 1. The first-order chi connectivity index (χ1) is 18.3. The van der Waals surface area contributed by atoms with Crippen molar-refractivity contribution in [2.75, 3.05) is 5.32 Å². The molecule has 0 aliphatic carbocycles. The highest BCUT2D eigenvalue weighted by molar-refractivity contribution is 5.70. The van der Waals surface area contributed by atoms with Crippen LogP contribution >= 0.6 is 0 Å². The molecule has 0 fully saturated rings. The Bertz CT molecular complexity index is 1500. The predicted molar refractivity (Wildman–Crippen MR) is 148 cm³/mol. The van der Waals surface area contributed by atoms with Crippen molar-refractivity contribution in [2.24, 2.45) is 5.11 Å². The zero-order valence-corrected chi connectivity index (χ0v) is 20.2. The lowest BCUT2D eigenvalue weighted by molar-refractivity contribution is 0.482. The van der Waals surface area contributed by atoms with Crippen LogP contribution in [0.1, 0.15) is 22.7 Å². The molecule has 0 spiro atoms. The number of hydrogen-bond acceptors (Lipinski definition) is 5. The van der Waals surface area contributed by atoms with Crippen molar-refractivity contribution >= 4 is 5.69 Å². The third kappa shape index (κ3) is 5.80. The van der Waals surface area contributed by atoms with Crippen LogP contribution in [-0.2, 0) is 0 Å². The van der Waals surface area contributed by atoms with Crippen LogP contribution in [0.15, 0.2) is 145 Å². The van der Waals surface area contributed by atoms with E-state index in [1.54, 1.807) is 6.20 Å². The van der Waals surface area contributed by atoms with Crippen molar-refractivity contribution in [1.29, 1.82) is 5.53 Å². The average Bonchev–Trinajstić information content (AvgIpc) is 2.95. The lowest BCUT2D eigenvalue weighted by atomic mass is 9.83. The molecule has 0 unspecified atom stereocenters. The summed E-state index contributed by atoms with van der Waals surface area (Å²) in [6, 6.07) is 40.9. The molecule has 37 heavy (non-hydrogen) atoms. The third-order valence-electron chi connectivity index (χ3n) is 6.00. The molecule has 0 saturated heterocycles. The minimum Gasteiger partial charge on any atom is -0.457 e. The van der Waals surface area contributed by atoms with E-state index in [1.165, 1.54) is 22.9 Å². The molecular weight excluding hydrogens is 456 g/mol. The summed E-state index contributed by atoms with van der Waals surface area (Å²) in [5, 5.41) is 6.30. The Hall–Kier alpha value is -5.03. The number of pyridine rings is 1. The van der Waals surface area contributed by atoms with Crippen molar-refractivity contribution in [3.63, 3.8) is 0 Å². The monoisotopic (exact) mass is 482 g/mol. The fourth-order valence-corrected chi connectivity index (χ4v) is 4.40. The van der Waals surface area contributed by atoms with E-state index in [9.17, 15) is 0 Å². The predicted octanol–water partition coefficient (Wildman–Crippen LogP) is 8.64. The van der Waals surface area contributed by atoms with Crippen molar-refractivity contribution < 1.29 is 4.74 Å². The molecule has 5 nitrogen and oxygen atoms in total. The van der Waals surface area contributed by atoms with Crippen LogP contribution in [0.2, 0.25) is 0 Å². The largest absolute Gasteiger partial charge is 0.457 e. The van der Waals surface area contributed by atoms with Gasteiger partial charge in [0, 0.05) is 24.2 Å². The first-order valence-corrected chi connectivity index (χ1v) is 12.0. The first-order valence-electron chi connectivity index (χ1n) is 12.0. The molecule has 0 amide bonds. The van der Waals surface area contributed by atoms with E-state index < -0.39 is 0 Å². The van der Waals surface area contributed by atoms with Gasteiger partial charge in [0.25, 0.3) is 0 Å². The van der Waals surface area contributed by atoms with Gasteiger partial charge in [0.15, 0.2) is 0 Å². The summed E-state index contributed by atoms with van der Waals surface area (Å²) in [6.07, 6.45) is 4.82. The maximum atomic E-state index is 6.87. The first kappa shape index (κ1) is 23.7. The van der Waals surface area contributed by atoms with Gasteiger partial charge < -0.3 is 10.1 Å². The zero-order chi connectivity index (χ0) is 25.3. The molecule has 1 aromatic heterocycles. The minimum atomic E-state index is -0.0760. The van der Waals surface area contributed by atoms with Gasteiger partial charge >= 0.3 is 0 Å². The van der Waals surface area contributed by atoms with Gasteiger partial charge in [-0.05, 0) is 58.7 Å². The van der Waals surface area contributed by atoms with E-state index in [2.05, 4.69) is 77.2 Å². The maximum Gasteiger partial charge on any atom is 0.129 e. The molecule has 0 saturated carbocycles. The minimum absolute atomic E-state index is 0.0760. The Morgan fingerprint density at radius 3 is 2.32 bits per heavy atom. The zero-order valence-electron chi connectivity index (χ0n) is 20.2. The highest BCUT2D eigenvalue weighted by Crippen LogP contribution is 2.38. The molecule has 0 aliphatic rings. The number of benzene rings is 4. The summed E-state index contributed by atoms with van der Waals surface area (Å²) < 4.78 is 6.26. The van der Waals surface area contributed by atoms with E-state index in [4.69, 9.17) is 15.3 Å². The van der Waals surface area contributed by atoms with Gasteiger partial charge in [-0.3, -0.25) is 4.98 Å².